The summed E-state index contributed by atoms with van der Waals surface area (Å²) >= 11 is 0. The van der Waals surface area contributed by atoms with E-state index in [4.69, 9.17) is 5.73 Å². The fraction of sp³-hybridized carbons (Fsp3) is 0.600. The Balaban J connectivity index is 1.34. The van der Waals surface area contributed by atoms with Gasteiger partial charge in [-0.15, -0.1) is 0 Å². The van der Waals surface area contributed by atoms with Gasteiger partial charge in [0.2, 0.25) is 5.91 Å². The predicted molar refractivity (Wildman–Crippen MR) is 130 cm³/mol. The molecule has 2 fully saturated rings. The molecule has 1 aromatic carbocycles. The standard InChI is InChI=1S/C25H38N6O/c1-19-14-21(22-6-5-20(15-26)25-23(22)4-3-7-28-25)17-31(16-19)18-24(32)27-8-9-30-12-10-29(2)11-13-30/h3-7,19,21H,8-18,26H2,1-2H3,(H,27,32)/t19-,21+/m1/s1. The number of nitrogens with one attached hydrogen (secondary N) is 1. The lowest BCUT2D eigenvalue weighted by Gasteiger charge is -2.37. The first-order valence-corrected chi connectivity index (χ1v) is 12.0. The van der Waals surface area contributed by atoms with E-state index in [0.717, 1.165) is 69.9 Å². The number of rotatable bonds is 7. The van der Waals surface area contributed by atoms with Crippen molar-refractivity contribution in [3.05, 3.63) is 41.6 Å². The molecule has 7 heteroatoms. The second-order valence-corrected chi connectivity index (χ2v) is 9.64. The van der Waals surface area contributed by atoms with Gasteiger partial charge in [0.05, 0.1) is 12.1 Å². The second-order valence-electron chi connectivity index (χ2n) is 9.64. The van der Waals surface area contributed by atoms with Crippen molar-refractivity contribution in [3.63, 3.8) is 0 Å². The van der Waals surface area contributed by atoms with Gasteiger partial charge in [-0.3, -0.25) is 19.6 Å². The molecule has 0 radical (unpaired) electrons. The number of carbonyl (C=O) groups is 1. The van der Waals surface area contributed by atoms with Crippen LogP contribution in [0.2, 0.25) is 0 Å². The number of fused-ring (bicyclic) bond motifs is 1. The number of hydrogen-bond acceptors (Lipinski definition) is 6. The van der Waals surface area contributed by atoms with Gasteiger partial charge in [-0.2, -0.15) is 0 Å². The number of likely N-dealkylation sites (tertiary alicyclic amines) is 1. The van der Waals surface area contributed by atoms with E-state index in [-0.39, 0.29) is 5.91 Å². The molecule has 4 rings (SSSR count). The first-order valence-electron chi connectivity index (χ1n) is 12.0. The van der Waals surface area contributed by atoms with Crippen molar-refractivity contribution in [3.8, 4) is 0 Å². The lowest BCUT2D eigenvalue weighted by Crippen LogP contribution is -2.48. The molecule has 2 atom stereocenters. The van der Waals surface area contributed by atoms with Crippen LogP contribution in [0.4, 0.5) is 0 Å². The van der Waals surface area contributed by atoms with E-state index in [0.29, 0.717) is 24.9 Å². The number of pyridine rings is 1. The van der Waals surface area contributed by atoms with Gasteiger partial charge in [0, 0.05) is 70.5 Å². The topological polar surface area (TPSA) is 77.7 Å². The molecule has 3 N–H and O–H groups in total. The summed E-state index contributed by atoms with van der Waals surface area (Å²) in [5.41, 5.74) is 9.37. The number of nitrogens with zero attached hydrogens (tertiary/aromatic N) is 4. The minimum absolute atomic E-state index is 0.136. The third kappa shape index (κ3) is 5.64. The fourth-order valence-corrected chi connectivity index (χ4v) is 5.27. The van der Waals surface area contributed by atoms with E-state index < -0.39 is 0 Å². The van der Waals surface area contributed by atoms with Gasteiger partial charge in [0.15, 0.2) is 0 Å². The lowest BCUT2D eigenvalue weighted by molar-refractivity contribution is -0.122. The maximum absolute atomic E-state index is 12.6. The molecule has 0 aliphatic carbocycles. The van der Waals surface area contributed by atoms with Crippen LogP contribution in [0.3, 0.4) is 0 Å². The Morgan fingerprint density at radius 2 is 1.97 bits per heavy atom. The summed E-state index contributed by atoms with van der Waals surface area (Å²) in [5, 5.41) is 4.34. The molecule has 174 valence electrons. The summed E-state index contributed by atoms with van der Waals surface area (Å²) in [6.07, 6.45) is 2.97. The van der Waals surface area contributed by atoms with Crippen molar-refractivity contribution in [1.29, 1.82) is 0 Å². The third-order valence-corrected chi connectivity index (χ3v) is 7.00. The van der Waals surface area contributed by atoms with E-state index in [1.54, 1.807) is 0 Å². The number of nitrogens with two attached hydrogens (primary N) is 1. The molecule has 0 unspecified atom stereocenters. The maximum atomic E-state index is 12.6. The molecular weight excluding hydrogens is 400 g/mol. The Labute approximate surface area is 191 Å². The second kappa shape index (κ2) is 10.7. The Bertz CT molecular complexity index is 910. The highest BCUT2D eigenvalue weighted by atomic mass is 16.2. The average Bonchev–Trinajstić information content (AvgIpc) is 2.79. The highest BCUT2D eigenvalue weighted by Crippen LogP contribution is 2.34. The molecule has 0 saturated carbocycles. The minimum Gasteiger partial charge on any atom is -0.354 e. The van der Waals surface area contributed by atoms with E-state index in [1.165, 1.54) is 10.9 Å². The predicted octanol–water partition coefficient (Wildman–Crippen LogP) is 1.48. The summed E-state index contributed by atoms with van der Waals surface area (Å²) in [7, 11) is 2.16. The van der Waals surface area contributed by atoms with E-state index in [2.05, 4.69) is 57.2 Å². The zero-order valence-corrected chi connectivity index (χ0v) is 19.6. The summed E-state index contributed by atoms with van der Waals surface area (Å²) in [4.78, 5) is 24.4. The molecule has 7 nitrogen and oxygen atoms in total. The first-order chi connectivity index (χ1) is 15.5. The highest BCUT2D eigenvalue weighted by Gasteiger charge is 2.28. The van der Waals surface area contributed by atoms with Crippen LogP contribution < -0.4 is 11.1 Å². The Hall–Kier alpha value is -2.06. The van der Waals surface area contributed by atoms with Crippen LogP contribution in [-0.4, -0.2) is 91.5 Å². The normalized spacial score (nSPS) is 23.5. The number of amides is 1. The monoisotopic (exact) mass is 438 g/mol. The average molecular weight is 439 g/mol. The quantitative estimate of drug-likeness (QED) is 0.682. The zero-order chi connectivity index (χ0) is 22.5. The SMILES string of the molecule is C[C@@H]1C[C@H](c2ccc(CN)c3ncccc23)CN(CC(=O)NCCN2CCN(C)CC2)C1. The number of likely N-dealkylation sites (N-methyl/N-ethyl adjacent to an activating group) is 1. The molecule has 32 heavy (non-hydrogen) atoms. The van der Waals surface area contributed by atoms with Crippen LogP contribution in [0.5, 0.6) is 0 Å². The molecule has 1 amide bonds. The van der Waals surface area contributed by atoms with Crippen molar-refractivity contribution in [2.45, 2.75) is 25.8 Å². The number of carbonyl (C=O) groups excluding carboxylic acids is 1. The maximum Gasteiger partial charge on any atom is 0.234 e. The van der Waals surface area contributed by atoms with Crippen LogP contribution >= 0.6 is 0 Å². The minimum atomic E-state index is 0.136. The highest BCUT2D eigenvalue weighted by molar-refractivity contribution is 5.85. The number of benzene rings is 1. The molecule has 2 aliphatic rings. The number of piperazine rings is 1. The van der Waals surface area contributed by atoms with Crippen molar-refractivity contribution in [1.82, 2.24) is 25.0 Å². The van der Waals surface area contributed by atoms with Gasteiger partial charge in [-0.1, -0.05) is 25.1 Å². The van der Waals surface area contributed by atoms with Gasteiger partial charge in [0.25, 0.3) is 0 Å². The molecule has 0 bridgehead atoms. The van der Waals surface area contributed by atoms with Crippen LogP contribution in [-0.2, 0) is 11.3 Å². The van der Waals surface area contributed by atoms with Crippen LogP contribution in [0.15, 0.2) is 30.5 Å². The van der Waals surface area contributed by atoms with Gasteiger partial charge in [0.1, 0.15) is 0 Å². The van der Waals surface area contributed by atoms with Crippen LogP contribution in [0.1, 0.15) is 30.4 Å². The van der Waals surface area contributed by atoms with Gasteiger partial charge in [-0.05, 0) is 42.5 Å². The molecule has 1 aromatic heterocycles. The number of aromatic nitrogens is 1. The Kier molecular flexibility index (Phi) is 7.73. The van der Waals surface area contributed by atoms with E-state index in [1.807, 2.05) is 12.3 Å². The number of piperidine rings is 1. The largest absolute Gasteiger partial charge is 0.354 e. The van der Waals surface area contributed by atoms with Crippen molar-refractivity contribution >= 4 is 16.8 Å². The van der Waals surface area contributed by atoms with E-state index in [9.17, 15) is 4.79 Å². The van der Waals surface area contributed by atoms with Gasteiger partial charge < -0.3 is 16.0 Å². The number of hydrogen-bond donors (Lipinski definition) is 2. The van der Waals surface area contributed by atoms with Gasteiger partial charge >= 0.3 is 0 Å². The van der Waals surface area contributed by atoms with Crippen molar-refractivity contribution in [2.75, 3.05) is 66.0 Å². The van der Waals surface area contributed by atoms with Crippen molar-refractivity contribution in [2.24, 2.45) is 11.7 Å². The summed E-state index contributed by atoms with van der Waals surface area (Å²) in [6, 6.07) is 8.51. The van der Waals surface area contributed by atoms with Crippen LogP contribution in [0.25, 0.3) is 10.9 Å². The molecule has 3 heterocycles. The van der Waals surface area contributed by atoms with Crippen molar-refractivity contribution < 1.29 is 4.79 Å². The molecule has 0 spiro atoms. The smallest absolute Gasteiger partial charge is 0.234 e. The Morgan fingerprint density at radius 3 is 2.75 bits per heavy atom. The molecule has 2 aromatic rings. The summed E-state index contributed by atoms with van der Waals surface area (Å²) in [6.45, 7) is 11.2. The molecule has 2 saturated heterocycles. The molecule has 2 aliphatic heterocycles. The van der Waals surface area contributed by atoms with Gasteiger partial charge in [-0.25, -0.2) is 0 Å². The fourth-order valence-electron chi connectivity index (χ4n) is 5.27. The van der Waals surface area contributed by atoms with E-state index >= 15 is 0 Å². The Morgan fingerprint density at radius 1 is 1.16 bits per heavy atom. The van der Waals surface area contributed by atoms with Crippen LogP contribution in [0, 0.1) is 5.92 Å². The first kappa shape index (κ1) is 23.1. The third-order valence-electron chi connectivity index (χ3n) is 7.00. The summed E-state index contributed by atoms with van der Waals surface area (Å²) in [5.74, 6) is 1.08. The summed E-state index contributed by atoms with van der Waals surface area (Å²) < 4.78 is 0. The molecular formula is C25H38N6O. The lowest BCUT2D eigenvalue weighted by atomic mass is 9.83. The zero-order valence-electron chi connectivity index (χ0n) is 19.6.